The van der Waals surface area contributed by atoms with Gasteiger partial charge in [-0.2, -0.15) is 0 Å². The van der Waals surface area contributed by atoms with Crippen molar-refractivity contribution in [1.82, 2.24) is 9.80 Å². The van der Waals surface area contributed by atoms with Crippen LogP contribution in [0.15, 0.2) is 84.9 Å². The molecule has 0 saturated carbocycles. The maximum absolute atomic E-state index is 13.3. The van der Waals surface area contributed by atoms with Gasteiger partial charge in [-0.25, -0.2) is 0 Å². The molecule has 2 fully saturated rings. The molecule has 6 rings (SSSR count). The topological polar surface area (TPSA) is 40.6 Å². The summed E-state index contributed by atoms with van der Waals surface area (Å²) in [5, 5.41) is 4.36. The van der Waals surface area contributed by atoms with Crippen LogP contribution in [0.2, 0.25) is 0 Å². The van der Waals surface area contributed by atoms with Gasteiger partial charge in [-0.05, 0) is 71.2 Å². The molecule has 2 aliphatic heterocycles. The van der Waals surface area contributed by atoms with Crippen molar-refractivity contribution in [3.63, 3.8) is 0 Å². The lowest BCUT2D eigenvalue weighted by atomic mass is 9.86. The SMILES string of the molecule is O=C(c1cccc2ccccc12)N1CCC(CCCC2CCN(C(=O)c3cccc4ccccc34)CC2)CC1. The molecule has 0 spiro atoms. The molecule has 4 aromatic rings. The number of carbonyl (C=O) groups is 2. The van der Waals surface area contributed by atoms with E-state index >= 15 is 0 Å². The fraction of sp³-hybridized carbons (Fsp3) is 0.371. The van der Waals surface area contributed by atoms with Crippen LogP contribution in [0, 0.1) is 11.8 Å². The van der Waals surface area contributed by atoms with E-state index in [1.54, 1.807) is 0 Å². The van der Waals surface area contributed by atoms with Gasteiger partial charge in [0.1, 0.15) is 0 Å². The molecule has 4 nitrogen and oxygen atoms in total. The van der Waals surface area contributed by atoms with Crippen LogP contribution in [0.5, 0.6) is 0 Å². The molecule has 2 saturated heterocycles. The number of hydrogen-bond acceptors (Lipinski definition) is 2. The first-order valence-corrected chi connectivity index (χ1v) is 14.7. The molecule has 2 aliphatic rings. The van der Waals surface area contributed by atoms with Gasteiger partial charge >= 0.3 is 0 Å². The molecule has 0 N–H and O–H groups in total. The summed E-state index contributed by atoms with van der Waals surface area (Å²) in [4.78, 5) is 30.6. The van der Waals surface area contributed by atoms with Crippen LogP contribution in [0.25, 0.3) is 21.5 Å². The lowest BCUT2D eigenvalue weighted by Crippen LogP contribution is -2.39. The van der Waals surface area contributed by atoms with Gasteiger partial charge in [0.15, 0.2) is 0 Å². The molecule has 4 aromatic carbocycles. The summed E-state index contributed by atoms with van der Waals surface area (Å²) in [6, 6.07) is 28.4. The molecule has 2 amide bonds. The predicted molar refractivity (Wildman–Crippen MR) is 159 cm³/mol. The number of rotatable bonds is 6. The molecular weight excluding hydrogens is 480 g/mol. The Labute approximate surface area is 231 Å². The summed E-state index contributed by atoms with van der Waals surface area (Å²) in [6.07, 6.45) is 8.19. The number of likely N-dealkylation sites (tertiary alicyclic amines) is 2. The lowest BCUT2D eigenvalue weighted by Gasteiger charge is -2.34. The monoisotopic (exact) mass is 518 g/mol. The van der Waals surface area contributed by atoms with Crippen molar-refractivity contribution in [2.75, 3.05) is 26.2 Å². The van der Waals surface area contributed by atoms with Crippen molar-refractivity contribution in [3.05, 3.63) is 96.1 Å². The average Bonchev–Trinajstić information content (AvgIpc) is 3.00. The zero-order chi connectivity index (χ0) is 26.6. The molecule has 0 radical (unpaired) electrons. The number of nitrogens with zero attached hydrogens (tertiary/aromatic N) is 2. The average molecular weight is 519 g/mol. The first-order chi connectivity index (χ1) is 19.2. The third kappa shape index (κ3) is 5.56. The molecule has 0 aliphatic carbocycles. The maximum Gasteiger partial charge on any atom is 0.254 e. The summed E-state index contributed by atoms with van der Waals surface area (Å²) < 4.78 is 0. The Bertz CT molecular complexity index is 1340. The first kappa shape index (κ1) is 25.6. The van der Waals surface area contributed by atoms with Crippen molar-refractivity contribution >= 4 is 33.4 Å². The van der Waals surface area contributed by atoms with Crippen molar-refractivity contribution < 1.29 is 9.59 Å². The Kier molecular flexibility index (Phi) is 7.62. The van der Waals surface area contributed by atoms with E-state index < -0.39 is 0 Å². The molecule has 0 unspecified atom stereocenters. The van der Waals surface area contributed by atoms with Crippen LogP contribution < -0.4 is 0 Å². The van der Waals surface area contributed by atoms with Gasteiger partial charge < -0.3 is 9.80 Å². The number of fused-ring (bicyclic) bond motifs is 2. The van der Waals surface area contributed by atoms with E-state index in [0.29, 0.717) is 0 Å². The van der Waals surface area contributed by atoms with E-state index in [9.17, 15) is 9.59 Å². The zero-order valence-electron chi connectivity index (χ0n) is 22.7. The van der Waals surface area contributed by atoms with Crippen molar-refractivity contribution in [1.29, 1.82) is 0 Å². The van der Waals surface area contributed by atoms with Gasteiger partial charge in [0.05, 0.1) is 0 Å². The summed E-state index contributed by atoms with van der Waals surface area (Å²) in [6.45, 7) is 3.45. The van der Waals surface area contributed by atoms with Gasteiger partial charge in [-0.1, -0.05) is 92.1 Å². The highest BCUT2D eigenvalue weighted by molar-refractivity contribution is 6.07. The van der Waals surface area contributed by atoms with Crippen molar-refractivity contribution in [2.24, 2.45) is 11.8 Å². The molecule has 2 heterocycles. The Balaban J connectivity index is 0.940. The third-order valence-corrected chi connectivity index (χ3v) is 9.07. The number of piperidine rings is 2. The highest BCUT2D eigenvalue weighted by Crippen LogP contribution is 2.30. The smallest absolute Gasteiger partial charge is 0.254 e. The summed E-state index contributed by atoms with van der Waals surface area (Å²) in [5.74, 6) is 1.79. The van der Waals surface area contributed by atoms with Gasteiger partial charge in [0, 0.05) is 37.3 Å². The molecule has 0 aromatic heterocycles. The van der Waals surface area contributed by atoms with Gasteiger partial charge in [0.25, 0.3) is 11.8 Å². The highest BCUT2D eigenvalue weighted by Gasteiger charge is 2.27. The molecule has 4 heteroatoms. The normalized spacial score (nSPS) is 17.1. The van der Waals surface area contributed by atoms with Crippen LogP contribution in [0.1, 0.15) is 65.7 Å². The molecule has 39 heavy (non-hydrogen) atoms. The predicted octanol–water partition coefficient (Wildman–Crippen LogP) is 7.57. The van der Waals surface area contributed by atoms with E-state index in [1.807, 2.05) is 48.5 Å². The summed E-state index contributed by atoms with van der Waals surface area (Å²) >= 11 is 0. The Hall–Kier alpha value is -3.66. The van der Waals surface area contributed by atoms with E-state index in [-0.39, 0.29) is 11.8 Å². The fourth-order valence-corrected chi connectivity index (χ4v) is 6.71. The van der Waals surface area contributed by atoms with Crippen LogP contribution in [0.3, 0.4) is 0 Å². The molecular formula is C35H38N2O2. The minimum atomic E-state index is 0.176. The van der Waals surface area contributed by atoms with Gasteiger partial charge in [-0.3, -0.25) is 9.59 Å². The van der Waals surface area contributed by atoms with Crippen molar-refractivity contribution in [3.8, 4) is 0 Å². The number of carbonyl (C=O) groups excluding carboxylic acids is 2. The Morgan fingerprint density at radius 3 is 1.36 bits per heavy atom. The fourth-order valence-electron chi connectivity index (χ4n) is 6.71. The van der Waals surface area contributed by atoms with E-state index in [2.05, 4.69) is 46.2 Å². The van der Waals surface area contributed by atoms with E-state index in [1.165, 1.54) is 19.3 Å². The quantitative estimate of drug-likeness (QED) is 0.264. The van der Waals surface area contributed by atoms with Crippen LogP contribution in [-0.4, -0.2) is 47.8 Å². The lowest BCUT2D eigenvalue weighted by molar-refractivity contribution is 0.0682. The highest BCUT2D eigenvalue weighted by atomic mass is 16.2. The Morgan fingerprint density at radius 2 is 0.923 bits per heavy atom. The summed E-state index contributed by atoms with van der Waals surface area (Å²) in [7, 11) is 0. The number of amides is 2. The minimum Gasteiger partial charge on any atom is -0.339 e. The third-order valence-electron chi connectivity index (χ3n) is 9.07. The second-order valence-electron chi connectivity index (χ2n) is 11.5. The van der Waals surface area contributed by atoms with E-state index in [0.717, 1.165) is 96.4 Å². The minimum absolute atomic E-state index is 0.176. The Morgan fingerprint density at radius 1 is 0.538 bits per heavy atom. The van der Waals surface area contributed by atoms with Gasteiger partial charge in [-0.15, -0.1) is 0 Å². The molecule has 0 bridgehead atoms. The van der Waals surface area contributed by atoms with Crippen LogP contribution >= 0.6 is 0 Å². The molecule has 0 atom stereocenters. The van der Waals surface area contributed by atoms with E-state index in [4.69, 9.17) is 0 Å². The van der Waals surface area contributed by atoms with Crippen LogP contribution in [-0.2, 0) is 0 Å². The first-order valence-electron chi connectivity index (χ1n) is 14.7. The standard InChI is InChI=1S/C35H38N2O2/c38-34(32-16-6-12-28-10-1-3-14-30(28)32)36-22-18-26(19-23-36)8-5-9-27-20-24-37(25-21-27)35(39)33-17-7-13-29-11-2-4-15-31(29)33/h1-4,6-7,10-17,26-27H,5,8-9,18-25H2. The second-order valence-corrected chi connectivity index (χ2v) is 11.5. The maximum atomic E-state index is 13.3. The molecule has 200 valence electrons. The second kappa shape index (κ2) is 11.6. The summed E-state index contributed by atoms with van der Waals surface area (Å²) in [5.41, 5.74) is 1.66. The largest absolute Gasteiger partial charge is 0.339 e. The number of benzene rings is 4. The van der Waals surface area contributed by atoms with Crippen LogP contribution in [0.4, 0.5) is 0 Å². The van der Waals surface area contributed by atoms with Crippen molar-refractivity contribution in [2.45, 2.75) is 44.9 Å². The number of hydrogen-bond donors (Lipinski definition) is 0. The zero-order valence-corrected chi connectivity index (χ0v) is 22.7. The van der Waals surface area contributed by atoms with Gasteiger partial charge in [0.2, 0.25) is 0 Å².